The first-order chi connectivity index (χ1) is 11.5. The van der Waals surface area contributed by atoms with Gasteiger partial charge in [0, 0.05) is 18.3 Å². The molecule has 0 spiro atoms. The molecule has 8 nitrogen and oxygen atoms in total. The van der Waals surface area contributed by atoms with E-state index in [-0.39, 0.29) is 24.2 Å². The van der Waals surface area contributed by atoms with Crippen LogP contribution in [0.1, 0.15) is 16.1 Å². The largest absolute Gasteiger partial charge is 0.368 e. The number of benzene rings is 1. The van der Waals surface area contributed by atoms with Crippen molar-refractivity contribution in [1.82, 2.24) is 19.9 Å². The van der Waals surface area contributed by atoms with E-state index in [4.69, 9.17) is 5.73 Å². The smallest absolute Gasteiger partial charge is 0.280 e. The predicted octanol–water partition coefficient (Wildman–Crippen LogP) is -0.103. The number of carbonyl (C=O) groups excluding carboxylic acids is 2. The topological polar surface area (TPSA) is 97.3 Å². The van der Waals surface area contributed by atoms with Gasteiger partial charge in [-0.2, -0.15) is 0 Å². The summed E-state index contributed by atoms with van der Waals surface area (Å²) >= 11 is 0. The summed E-state index contributed by atoms with van der Waals surface area (Å²) in [5, 5.41) is 7.68. The molecular weight excluding hydrogens is 308 g/mol. The van der Waals surface area contributed by atoms with Crippen LogP contribution in [-0.2, 0) is 17.8 Å². The molecule has 2 N–H and O–H groups in total. The lowest BCUT2D eigenvalue weighted by atomic mass is 9.97. The molecule has 3 rings (SSSR count). The maximum Gasteiger partial charge on any atom is 0.280 e. The second-order valence-corrected chi connectivity index (χ2v) is 6.13. The Bertz CT molecular complexity index is 769. The minimum absolute atomic E-state index is 0.100. The highest BCUT2D eigenvalue weighted by Crippen LogP contribution is 2.29. The Hall–Kier alpha value is -2.74. The van der Waals surface area contributed by atoms with Crippen LogP contribution in [0.2, 0.25) is 0 Å². The molecule has 0 saturated carbocycles. The first kappa shape index (κ1) is 16.1. The third kappa shape index (κ3) is 3.13. The van der Waals surface area contributed by atoms with Gasteiger partial charge in [0.15, 0.2) is 5.69 Å². The highest BCUT2D eigenvalue weighted by molar-refractivity contribution is 6.05. The second-order valence-electron chi connectivity index (χ2n) is 6.13. The van der Waals surface area contributed by atoms with Crippen LogP contribution in [0.25, 0.3) is 0 Å². The van der Waals surface area contributed by atoms with Crippen LogP contribution < -0.4 is 10.6 Å². The van der Waals surface area contributed by atoms with Crippen LogP contribution in [0.3, 0.4) is 0 Å². The van der Waals surface area contributed by atoms with Crippen LogP contribution in [0.4, 0.5) is 5.69 Å². The third-order valence-electron chi connectivity index (χ3n) is 4.18. The summed E-state index contributed by atoms with van der Waals surface area (Å²) in [6.07, 6.45) is 2.34. The lowest BCUT2D eigenvalue weighted by Crippen LogP contribution is -2.48. The Labute approximate surface area is 139 Å². The summed E-state index contributed by atoms with van der Waals surface area (Å²) < 4.78 is 1.27. The molecule has 1 unspecified atom stereocenters. The van der Waals surface area contributed by atoms with Gasteiger partial charge in [0.25, 0.3) is 5.91 Å². The van der Waals surface area contributed by atoms with Crippen molar-refractivity contribution in [1.29, 1.82) is 0 Å². The number of carbonyl (C=O) groups is 2. The number of hydrogen-bond donors (Lipinski definition) is 1. The number of nitrogens with two attached hydrogens (primary N) is 1. The van der Waals surface area contributed by atoms with Crippen LogP contribution in [0.5, 0.6) is 0 Å². The fraction of sp³-hybridized carbons (Fsp3) is 0.375. The Morgan fingerprint density at radius 3 is 2.79 bits per heavy atom. The SMILES string of the molecule is CN(C)C1Cc2ccccc2N(C(=O)c2cn(CC(N)=O)nn2)C1. The summed E-state index contributed by atoms with van der Waals surface area (Å²) in [4.78, 5) is 27.7. The van der Waals surface area contributed by atoms with Gasteiger partial charge < -0.3 is 15.5 Å². The van der Waals surface area contributed by atoms with Crippen molar-refractivity contribution in [2.45, 2.75) is 19.0 Å². The summed E-state index contributed by atoms with van der Waals surface area (Å²) in [5.74, 6) is -0.764. The van der Waals surface area contributed by atoms with Crippen molar-refractivity contribution in [3.8, 4) is 0 Å². The normalized spacial score (nSPS) is 17.0. The van der Waals surface area contributed by atoms with Gasteiger partial charge in [0.05, 0.1) is 6.20 Å². The lowest BCUT2D eigenvalue weighted by molar-refractivity contribution is -0.118. The number of anilines is 1. The van der Waals surface area contributed by atoms with Gasteiger partial charge in [-0.05, 0) is 32.1 Å². The van der Waals surface area contributed by atoms with Crippen LogP contribution in [0.15, 0.2) is 30.5 Å². The fourth-order valence-corrected chi connectivity index (χ4v) is 2.88. The number of nitrogens with zero attached hydrogens (tertiary/aromatic N) is 5. The number of rotatable bonds is 4. The van der Waals surface area contributed by atoms with Gasteiger partial charge in [0.2, 0.25) is 5.91 Å². The van der Waals surface area contributed by atoms with Crippen molar-refractivity contribution < 1.29 is 9.59 Å². The van der Waals surface area contributed by atoms with Crippen molar-refractivity contribution in [2.24, 2.45) is 5.73 Å². The van der Waals surface area contributed by atoms with Crippen molar-refractivity contribution in [3.05, 3.63) is 41.7 Å². The maximum absolute atomic E-state index is 12.9. The van der Waals surface area contributed by atoms with Gasteiger partial charge in [-0.1, -0.05) is 23.4 Å². The molecular formula is C16H20N6O2. The molecule has 2 aromatic rings. The number of aromatic nitrogens is 3. The lowest BCUT2D eigenvalue weighted by Gasteiger charge is -2.37. The number of primary amides is 1. The average Bonchev–Trinajstić information content (AvgIpc) is 3.00. The molecule has 1 atom stereocenters. The summed E-state index contributed by atoms with van der Waals surface area (Å²) in [5.41, 5.74) is 7.36. The number of fused-ring (bicyclic) bond motifs is 1. The maximum atomic E-state index is 12.9. The average molecular weight is 328 g/mol. The molecule has 1 aromatic carbocycles. The minimum atomic E-state index is -0.533. The van der Waals surface area contributed by atoms with Crippen molar-refractivity contribution >= 4 is 17.5 Å². The number of likely N-dealkylation sites (N-methyl/N-ethyl adjacent to an activating group) is 1. The van der Waals surface area contributed by atoms with Gasteiger partial charge in [-0.3, -0.25) is 9.59 Å². The highest BCUT2D eigenvalue weighted by Gasteiger charge is 2.31. The number of amides is 2. The molecule has 126 valence electrons. The van der Waals surface area contributed by atoms with Crippen LogP contribution in [0, 0.1) is 0 Å². The zero-order chi connectivity index (χ0) is 17.3. The van der Waals surface area contributed by atoms with Gasteiger partial charge in [-0.25, -0.2) is 4.68 Å². The van der Waals surface area contributed by atoms with E-state index in [2.05, 4.69) is 15.2 Å². The van der Waals surface area contributed by atoms with Gasteiger partial charge in [0.1, 0.15) is 6.54 Å². The molecule has 1 aromatic heterocycles. The Morgan fingerprint density at radius 2 is 2.08 bits per heavy atom. The third-order valence-corrected chi connectivity index (χ3v) is 4.18. The second kappa shape index (κ2) is 6.40. The Kier molecular flexibility index (Phi) is 4.30. The summed E-state index contributed by atoms with van der Waals surface area (Å²) in [6.45, 7) is 0.475. The van der Waals surface area contributed by atoms with Crippen molar-refractivity contribution in [3.63, 3.8) is 0 Å². The highest BCUT2D eigenvalue weighted by atomic mass is 16.2. The van der Waals surface area contributed by atoms with E-state index in [1.807, 2.05) is 38.4 Å². The van der Waals surface area contributed by atoms with E-state index in [0.717, 1.165) is 17.7 Å². The van der Waals surface area contributed by atoms with Crippen LogP contribution >= 0.6 is 0 Å². The first-order valence-electron chi connectivity index (χ1n) is 7.70. The molecule has 1 aliphatic rings. The zero-order valence-electron chi connectivity index (χ0n) is 13.7. The quantitative estimate of drug-likeness (QED) is 0.845. The molecule has 0 fully saturated rings. The van der Waals surface area contributed by atoms with E-state index in [9.17, 15) is 9.59 Å². The van der Waals surface area contributed by atoms with E-state index < -0.39 is 5.91 Å². The predicted molar refractivity (Wildman–Crippen MR) is 88.5 cm³/mol. The molecule has 8 heteroatoms. The molecule has 24 heavy (non-hydrogen) atoms. The standard InChI is InChI=1S/C16H20N6O2/c1-20(2)12-7-11-5-3-4-6-14(11)22(8-12)16(24)13-9-21(19-18-13)10-15(17)23/h3-6,9,12H,7-8,10H2,1-2H3,(H2,17,23). The van der Waals surface area contributed by atoms with Gasteiger partial charge in [-0.15, -0.1) is 5.10 Å². The molecule has 0 aliphatic carbocycles. The van der Waals surface area contributed by atoms with E-state index >= 15 is 0 Å². The zero-order valence-corrected chi connectivity index (χ0v) is 13.7. The van der Waals surface area contributed by atoms with Crippen molar-refractivity contribution in [2.75, 3.05) is 25.5 Å². The first-order valence-corrected chi connectivity index (χ1v) is 7.70. The van der Waals surface area contributed by atoms with Gasteiger partial charge >= 0.3 is 0 Å². The molecule has 2 amide bonds. The van der Waals surface area contributed by atoms with E-state index in [1.54, 1.807) is 4.90 Å². The number of para-hydroxylation sites is 1. The van der Waals surface area contributed by atoms with Crippen LogP contribution in [-0.4, -0.2) is 58.4 Å². The monoisotopic (exact) mass is 328 g/mol. The molecule has 0 bridgehead atoms. The fourth-order valence-electron chi connectivity index (χ4n) is 2.88. The summed E-state index contributed by atoms with van der Waals surface area (Å²) in [6, 6.07) is 8.09. The minimum Gasteiger partial charge on any atom is -0.368 e. The Balaban J connectivity index is 1.90. The molecule has 0 radical (unpaired) electrons. The molecule has 2 heterocycles. The molecule has 1 aliphatic heterocycles. The van der Waals surface area contributed by atoms with E-state index in [0.29, 0.717) is 6.54 Å². The Morgan fingerprint density at radius 1 is 1.33 bits per heavy atom. The summed E-state index contributed by atoms with van der Waals surface area (Å²) in [7, 11) is 4.01. The molecule has 0 saturated heterocycles. The number of hydrogen-bond acceptors (Lipinski definition) is 5. The van der Waals surface area contributed by atoms with E-state index in [1.165, 1.54) is 10.9 Å².